The number of aliphatic hydroxyl groups excluding tert-OH is 2. The van der Waals surface area contributed by atoms with E-state index in [2.05, 4.69) is 10.6 Å². The molecule has 0 amide bonds. The first-order chi connectivity index (χ1) is 31.6. The second kappa shape index (κ2) is 33.6. The van der Waals surface area contributed by atoms with E-state index < -0.39 is 24.1 Å². The van der Waals surface area contributed by atoms with E-state index in [1.54, 1.807) is 24.3 Å². The van der Waals surface area contributed by atoms with Crippen molar-refractivity contribution in [3.8, 4) is 0 Å². The van der Waals surface area contributed by atoms with Gasteiger partial charge >= 0.3 is 23.9 Å². The molecule has 2 unspecified atom stereocenters. The van der Waals surface area contributed by atoms with Crippen LogP contribution < -0.4 is 22.1 Å². The van der Waals surface area contributed by atoms with E-state index in [0.717, 1.165) is 75.6 Å². The number of carboxylic acids is 2. The number of carbonyl (C=O) groups is 4. The average Bonchev–Trinajstić information content (AvgIpc) is 3.28. The van der Waals surface area contributed by atoms with Crippen molar-refractivity contribution in [1.29, 1.82) is 0 Å². The average molecular weight is 995 g/mol. The third-order valence-electron chi connectivity index (χ3n) is 9.42. The second-order valence-corrected chi connectivity index (χ2v) is 16.5. The molecule has 0 aliphatic rings. The molecule has 4 aromatic rings. The Labute approximate surface area is 406 Å². The fourth-order valence-corrected chi connectivity index (χ4v) is 6.87. The summed E-state index contributed by atoms with van der Waals surface area (Å²) in [6.07, 6.45) is 8.05. The number of unbranched alkanes of at least 4 members (excludes halogenated alkanes) is 6. The molecule has 360 valence electrons. The molecule has 66 heavy (non-hydrogen) atoms. The second-order valence-electron chi connectivity index (χ2n) is 14.8. The highest BCUT2D eigenvalue weighted by Crippen LogP contribution is 2.32. The number of rotatable bonds is 26. The molecule has 0 aliphatic carbocycles. The molecular weight excluding hydrogens is 934 g/mol. The van der Waals surface area contributed by atoms with E-state index in [4.69, 9.17) is 77.6 Å². The molecule has 0 saturated carbocycles. The molecule has 18 heteroatoms. The summed E-state index contributed by atoms with van der Waals surface area (Å²) < 4.78 is 10.5. The maximum Gasteiger partial charge on any atom is 0.328 e. The highest BCUT2D eigenvalue weighted by atomic mass is 35.5. The van der Waals surface area contributed by atoms with Crippen LogP contribution in [0.3, 0.4) is 0 Å². The minimum absolute atomic E-state index is 0.185. The first-order valence-electron chi connectivity index (χ1n) is 21.4. The van der Waals surface area contributed by atoms with Crippen LogP contribution in [0, 0.1) is 0 Å². The van der Waals surface area contributed by atoms with Crippen molar-refractivity contribution >= 4 is 81.7 Å². The summed E-state index contributed by atoms with van der Waals surface area (Å²) in [6.45, 7) is 3.32. The summed E-state index contributed by atoms with van der Waals surface area (Å²) >= 11 is 24.0. The fraction of sp³-hybridized carbons (Fsp3) is 0.375. The van der Waals surface area contributed by atoms with E-state index in [1.165, 1.54) is 0 Å². The molecule has 0 heterocycles. The van der Waals surface area contributed by atoms with Gasteiger partial charge in [0.1, 0.15) is 0 Å². The summed E-state index contributed by atoms with van der Waals surface area (Å²) in [5, 5.41) is 43.9. The van der Waals surface area contributed by atoms with Gasteiger partial charge in [0.05, 0.1) is 69.7 Å². The van der Waals surface area contributed by atoms with Gasteiger partial charge in [-0.05, 0) is 85.3 Å². The van der Waals surface area contributed by atoms with Crippen LogP contribution in [0.25, 0.3) is 0 Å². The highest BCUT2D eigenvalue weighted by Gasteiger charge is 2.14. The zero-order valence-electron chi connectivity index (χ0n) is 36.6. The summed E-state index contributed by atoms with van der Waals surface area (Å²) in [4.78, 5) is 42.6. The molecule has 10 N–H and O–H groups in total. The first-order valence-corrected chi connectivity index (χ1v) is 22.9. The lowest BCUT2D eigenvalue weighted by molar-refractivity contribution is -0.143. The third kappa shape index (κ3) is 25.7. The number of hydrogen-bond donors (Lipinski definition) is 8. The van der Waals surface area contributed by atoms with Gasteiger partial charge in [-0.3, -0.25) is 9.59 Å². The lowest BCUT2D eigenvalue weighted by Gasteiger charge is -2.14. The van der Waals surface area contributed by atoms with Crippen molar-refractivity contribution in [2.24, 2.45) is 0 Å². The lowest BCUT2D eigenvalue weighted by atomic mass is 10.1. The predicted octanol–water partition coefficient (Wildman–Crippen LogP) is 8.80. The van der Waals surface area contributed by atoms with Crippen LogP contribution in [0.1, 0.15) is 85.8 Å². The molecule has 14 nitrogen and oxygen atoms in total. The normalized spacial score (nSPS) is 11.7. The Morgan fingerprint density at radius 1 is 0.530 bits per heavy atom. The number of nitrogens with one attached hydrogen (secondary N) is 2. The number of nitrogen functional groups attached to an aromatic ring is 2. The number of anilines is 2. The van der Waals surface area contributed by atoms with Gasteiger partial charge in [0.2, 0.25) is 0 Å². The van der Waals surface area contributed by atoms with Crippen molar-refractivity contribution in [2.75, 3.05) is 50.9 Å². The quantitative estimate of drug-likeness (QED) is 0.0127. The summed E-state index contributed by atoms with van der Waals surface area (Å²) in [5.41, 5.74) is 15.3. The minimum atomic E-state index is -1.26. The molecule has 0 radical (unpaired) electrons. The maximum atomic E-state index is 11.7. The SMILES string of the molecule is Nc1c(Cl)cc(C(O)CNCCCCCCOC(=O)Cc2ccccc2)cc1Cl.Nc1c(Cl)cc(C(O)CNCCCCCCOC(=O)Cc2ccccc2)cc1Cl.O=C(O)/C=C/C(=O)O. The number of nitrogens with two attached hydrogens (primary N) is 2. The van der Waals surface area contributed by atoms with Gasteiger partial charge in [-0.25, -0.2) is 9.59 Å². The monoisotopic (exact) mass is 992 g/mol. The van der Waals surface area contributed by atoms with E-state index >= 15 is 0 Å². The Morgan fingerprint density at radius 3 is 1.17 bits per heavy atom. The van der Waals surface area contributed by atoms with Crippen LogP contribution in [0.2, 0.25) is 20.1 Å². The zero-order valence-corrected chi connectivity index (χ0v) is 39.6. The Morgan fingerprint density at radius 2 is 0.848 bits per heavy atom. The number of carbonyl (C=O) groups excluding carboxylic acids is 2. The molecule has 0 saturated heterocycles. The molecule has 0 aromatic heterocycles. The minimum Gasteiger partial charge on any atom is -0.478 e. The van der Waals surface area contributed by atoms with E-state index in [0.29, 0.717) is 93.9 Å². The third-order valence-corrected chi connectivity index (χ3v) is 10.7. The van der Waals surface area contributed by atoms with Crippen molar-refractivity contribution < 1.29 is 49.1 Å². The Kier molecular flexibility index (Phi) is 29.1. The van der Waals surface area contributed by atoms with Gasteiger partial charge in [0.25, 0.3) is 0 Å². The molecule has 4 aromatic carbocycles. The van der Waals surface area contributed by atoms with Gasteiger partial charge in [0, 0.05) is 25.2 Å². The van der Waals surface area contributed by atoms with Crippen molar-refractivity contribution in [1.82, 2.24) is 10.6 Å². The number of aliphatic hydroxyl groups is 2. The summed E-state index contributed by atoms with van der Waals surface area (Å²) in [7, 11) is 0. The van der Waals surface area contributed by atoms with Crippen LogP contribution in [0.4, 0.5) is 11.4 Å². The number of halogens is 4. The van der Waals surface area contributed by atoms with Crippen LogP contribution in [0.5, 0.6) is 0 Å². The van der Waals surface area contributed by atoms with Gasteiger partial charge in [-0.15, -0.1) is 0 Å². The van der Waals surface area contributed by atoms with Gasteiger partial charge in [0.15, 0.2) is 0 Å². The molecule has 2 atom stereocenters. The van der Waals surface area contributed by atoms with Crippen LogP contribution in [-0.2, 0) is 41.5 Å². The molecule has 0 fully saturated rings. The number of hydrogen-bond acceptors (Lipinski definition) is 12. The number of aliphatic carboxylic acids is 2. The summed E-state index contributed by atoms with van der Waals surface area (Å²) in [6, 6.07) is 25.7. The number of benzene rings is 4. The topological polar surface area (TPSA) is 244 Å². The molecule has 0 spiro atoms. The van der Waals surface area contributed by atoms with Crippen LogP contribution in [-0.4, -0.2) is 83.7 Å². The zero-order chi connectivity index (χ0) is 48.7. The predicted molar refractivity (Wildman–Crippen MR) is 261 cm³/mol. The highest BCUT2D eigenvalue weighted by molar-refractivity contribution is 6.39. The van der Waals surface area contributed by atoms with Crippen molar-refractivity contribution in [3.63, 3.8) is 0 Å². The van der Waals surface area contributed by atoms with Gasteiger partial charge < -0.3 is 52.0 Å². The van der Waals surface area contributed by atoms with Crippen LogP contribution >= 0.6 is 46.4 Å². The molecule has 4 rings (SSSR count). The van der Waals surface area contributed by atoms with Crippen molar-refractivity contribution in [3.05, 3.63) is 139 Å². The first kappa shape index (κ1) is 57.2. The van der Waals surface area contributed by atoms with Gasteiger partial charge in [-0.2, -0.15) is 0 Å². The number of carboxylic acid groups (broad SMARTS) is 2. The Balaban J connectivity index is 0.000000389. The summed E-state index contributed by atoms with van der Waals surface area (Å²) in [5.74, 6) is -2.88. The number of esters is 2. The fourth-order valence-electron chi connectivity index (χ4n) is 5.86. The molecular formula is C48H60Cl4N4O10. The van der Waals surface area contributed by atoms with Crippen molar-refractivity contribution in [2.45, 2.75) is 76.4 Å². The van der Waals surface area contributed by atoms with Gasteiger partial charge in [-0.1, -0.05) is 133 Å². The van der Waals surface area contributed by atoms with E-state index in [-0.39, 0.29) is 11.9 Å². The largest absolute Gasteiger partial charge is 0.478 e. The Hall–Kier alpha value is -4.90. The Bertz CT molecular complexity index is 1910. The standard InChI is InChI=1S/2C22H28Cl2N2O3.C4H4O4/c2*23-18-13-17(14-19(24)22(18)25)20(27)15-26-10-6-1-2-7-11-29-21(28)12-16-8-4-3-5-9-16;5-3(6)1-2-4(7)8/h2*3-5,8-9,13-14,20,26-27H,1-2,6-7,10-12,15,25H2;1-2H,(H,5,6)(H,7,8)/b;;2-1+. The van der Waals surface area contributed by atoms with E-state index in [1.807, 2.05) is 60.7 Å². The molecule has 0 aliphatic heterocycles. The lowest BCUT2D eigenvalue weighted by Crippen LogP contribution is -2.22. The van der Waals surface area contributed by atoms with E-state index in [9.17, 15) is 29.4 Å². The smallest absolute Gasteiger partial charge is 0.328 e. The number of ether oxygens (including phenoxy) is 2. The maximum absolute atomic E-state index is 11.7. The molecule has 0 bridgehead atoms. The van der Waals surface area contributed by atoms with Crippen LogP contribution in [0.15, 0.2) is 97.1 Å².